The van der Waals surface area contributed by atoms with Crippen LogP contribution in [0.1, 0.15) is 20.3 Å². The fourth-order valence-electron chi connectivity index (χ4n) is 2.21. The minimum absolute atomic E-state index is 0.0154. The Hall–Kier alpha value is -1.20. The second kappa shape index (κ2) is 5.20. The lowest BCUT2D eigenvalue weighted by atomic mass is 10.1. The van der Waals surface area contributed by atoms with Crippen molar-refractivity contribution in [1.29, 1.82) is 0 Å². The zero-order valence-corrected chi connectivity index (χ0v) is 10.8. The van der Waals surface area contributed by atoms with E-state index in [0.29, 0.717) is 12.4 Å². The first-order valence-corrected chi connectivity index (χ1v) is 6.16. The average Bonchev–Trinajstić information content (AvgIpc) is 2.62. The molecule has 0 aliphatic carbocycles. The molecule has 0 bridgehead atoms. The molecule has 18 heavy (non-hydrogen) atoms. The highest BCUT2D eigenvalue weighted by Crippen LogP contribution is 2.18. The highest BCUT2D eigenvalue weighted by molar-refractivity contribution is 5.11. The third-order valence-corrected chi connectivity index (χ3v) is 2.82. The van der Waals surface area contributed by atoms with Gasteiger partial charge in [-0.3, -0.25) is 4.90 Å². The molecule has 0 saturated carbocycles. The van der Waals surface area contributed by atoms with E-state index < -0.39 is 11.5 Å². The quantitative estimate of drug-likeness (QED) is 0.826. The van der Waals surface area contributed by atoms with Crippen molar-refractivity contribution in [1.82, 2.24) is 9.88 Å². The molecule has 1 atom stereocenters. The van der Waals surface area contributed by atoms with Crippen LogP contribution in [0.15, 0.2) is 18.2 Å². The number of ether oxygens (including phenoxy) is 1. The maximum Gasteiger partial charge on any atom is 0.216 e. The van der Waals surface area contributed by atoms with Gasteiger partial charge in [-0.2, -0.15) is 9.37 Å². The minimum Gasteiger partial charge on any atom is -0.473 e. The molecule has 100 valence electrons. The molecule has 1 saturated heterocycles. The van der Waals surface area contributed by atoms with Crippen LogP contribution in [-0.4, -0.2) is 46.3 Å². The Kier molecular flexibility index (Phi) is 3.82. The van der Waals surface area contributed by atoms with Gasteiger partial charge in [-0.15, -0.1) is 0 Å². The van der Waals surface area contributed by atoms with Gasteiger partial charge in [-0.25, -0.2) is 0 Å². The van der Waals surface area contributed by atoms with E-state index in [2.05, 4.69) is 9.88 Å². The van der Waals surface area contributed by atoms with Crippen molar-refractivity contribution < 1.29 is 14.2 Å². The van der Waals surface area contributed by atoms with E-state index in [1.165, 1.54) is 6.07 Å². The van der Waals surface area contributed by atoms with E-state index in [0.717, 1.165) is 19.5 Å². The number of hydrogen-bond donors (Lipinski definition) is 1. The lowest BCUT2D eigenvalue weighted by molar-refractivity contribution is 0.0405. The first-order valence-electron chi connectivity index (χ1n) is 6.16. The molecule has 0 amide bonds. The highest BCUT2D eigenvalue weighted by atomic mass is 19.1. The SMILES string of the molecule is CC(C)(O)CN1CCC(Oc2cccc(F)n2)C1. The number of halogens is 1. The van der Waals surface area contributed by atoms with Gasteiger partial charge < -0.3 is 9.84 Å². The summed E-state index contributed by atoms with van der Waals surface area (Å²) in [5.74, 6) is -0.205. The summed E-state index contributed by atoms with van der Waals surface area (Å²) in [6.45, 7) is 5.81. The molecule has 4 nitrogen and oxygen atoms in total. The first-order chi connectivity index (χ1) is 8.42. The number of likely N-dealkylation sites (tertiary alicyclic amines) is 1. The normalized spacial score (nSPS) is 21.2. The molecular formula is C13H19FN2O2. The summed E-state index contributed by atoms with van der Waals surface area (Å²) >= 11 is 0. The van der Waals surface area contributed by atoms with Crippen molar-refractivity contribution in [3.8, 4) is 5.88 Å². The van der Waals surface area contributed by atoms with Crippen LogP contribution in [0.4, 0.5) is 4.39 Å². The lowest BCUT2D eigenvalue weighted by Gasteiger charge is -2.24. The standard InChI is InChI=1S/C13H19FN2O2/c1-13(2,17)9-16-7-6-10(8-16)18-12-5-3-4-11(14)15-12/h3-5,10,17H,6-9H2,1-2H3. The second-order valence-electron chi connectivity index (χ2n) is 5.37. The van der Waals surface area contributed by atoms with Crippen molar-refractivity contribution in [2.75, 3.05) is 19.6 Å². The van der Waals surface area contributed by atoms with E-state index in [4.69, 9.17) is 4.74 Å². The van der Waals surface area contributed by atoms with E-state index in [9.17, 15) is 9.50 Å². The van der Waals surface area contributed by atoms with Gasteiger partial charge in [0, 0.05) is 25.7 Å². The Bertz CT molecular complexity index is 406. The predicted molar refractivity (Wildman–Crippen MR) is 66.0 cm³/mol. The smallest absolute Gasteiger partial charge is 0.216 e. The van der Waals surface area contributed by atoms with Gasteiger partial charge in [-0.05, 0) is 26.3 Å². The van der Waals surface area contributed by atoms with E-state index >= 15 is 0 Å². The summed E-state index contributed by atoms with van der Waals surface area (Å²) in [5, 5.41) is 9.75. The zero-order valence-electron chi connectivity index (χ0n) is 10.8. The van der Waals surface area contributed by atoms with Gasteiger partial charge in [0.1, 0.15) is 6.10 Å². The average molecular weight is 254 g/mol. The highest BCUT2D eigenvalue weighted by Gasteiger charge is 2.28. The lowest BCUT2D eigenvalue weighted by Crippen LogP contribution is -2.38. The minimum atomic E-state index is -0.702. The first kappa shape index (κ1) is 13.2. The number of aliphatic hydroxyl groups is 1. The van der Waals surface area contributed by atoms with Gasteiger partial charge in [0.2, 0.25) is 11.8 Å². The molecule has 0 radical (unpaired) electrons. The van der Waals surface area contributed by atoms with Crippen LogP contribution in [0.25, 0.3) is 0 Å². The molecule has 5 heteroatoms. The monoisotopic (exact) mass is 254 g/mol. The number of hydrogen-bond acceptors (Lipinski definition) is 4. The van der Waals surface area contributed by atoms with Crippen LogP contribution in [0.3, 0.4) is 0 Å². The topological polar surface area (TPSA) is 45.6 Å². The van der Waals surface area contributed by atoms with Crippen molar-refractivity contribution >= 4 is 0 Å². The Morgan fingerprint density at radius 3 is 3.00 bits per heavy atom. The Labute approximate surface area is 106 Å². The Morgan fingerprint density at radius 2 is 2.33 bits per heavy atom. The van der Waals surface area contributed by atoms with Gasteiger partial charge in [-0.1, -0.05) is 6.07 Å². The van der Waals surface area contributed by atoms with Crippen molar-refractivity contribution in [3.63, 3.8) is 0 Å². The molecule has 1 unspecified atom stereocenters. The molecule has 0 aromatic carbocycles. The summed E-state index contributed by atoms with van der Waals surface area (Å²) < 4.78 is 18.5. The van der Waals surface area contributed by atoms with Crippen LogP contribution in [0.5, 0.6) is 5.88 Å². The van der Waals surface area contributed by atoms with Gasteiger partial charge in [0.15, 0.2) is 0 Å². The van der Waals surface area contributed by atoms with Crippen LogP contribution >= 0.6 is 0 Å². The third-order valence-electron chi connectivity index (χ3n) is 2.82. The summed E-state index contributed by atoms with van der Waals surface area (Å²) in [5.41, 5.74) is -0.702. The molecule has 0 spiro atoms. The summed E-state index contributed by atoms with van der Waals surface area (Å²) in [7, 11) is 0. The second-order valence-corrected chi connectivity index (χ2v) is 5.37. The maximum atomic E-state index is 12.9. The predicted octanol–water partition coefficient (Wildman–Crippen LogP) is 1.44. The van der Waals surface area contributed by atoms with Crippen LogP contribution < -0.4 is 4.74 Å². The van der Waals surface area contributed by atoms with Crippen LogP contribution in [0, 0.1) is 5.95 Å². The van der Waals surface area contributed by atoms with Crippen LogP contribution in [0.2, 0.25) is 0 Å². The third kappa shape index (κ3) is 3.92. The molecular weight excluding hydrogens is 235 g/mol. The molecule has 2 heterocycles. The number of β-amino-alcohol motifs (C(OH)–C–C–N with tert-alkyl or cyclic N) is 1. The van der Waals surface area contributed by atoms with Gasteiger partial charge in [0.05, 0.1) is 5.60 Å². The van der Waals surface area contributed by atoms with E-state index in [1.807, 2.05) is 0 Å². The largest absolute Gasteiger partial charge is 0.473 e. The summed E-state index contributed by atoms with van der Waals surface area (Å²) in [4.78, 5) is 5.82. The maximum absolute atomic E-state index is 12.9. The van der Waals surface area contributed by atoms with Crippen LogP contribution in [-0.2, 0) is 0 Å². The Balaban J connectivity index is 1.86. The zero-order chi connectivity index (χ0) is 13.2. The molecule has 1 aliphatic rings. The number of nitrogens with zero attached hydrogens (tertiary/aromatic N) is 2. The van der Waals surface area contributed by atoms with Gasteiger partial charge in [0.25, 0.3) is 0 Å². The number of aromatic nitrogens is 1. The van der Waals surface area contributed by atoms with Gasteiger partial charge >= 0.3 is 0 Å². The Morgan fingerprint density at radius 1 is 1.56 bits per heavy atom. The molecule has 1 fully saturated rings. The fourth-order valence-corrected chi connectivity index (χ4v) is 2.21. The summed E-state index contributed by atoms with van der Waals surface area (Å²) in [6.07, 6.45) is 0.885. The van der Waals surface area contributed by atoms with E-state index in [-0.39, 0.29) is 6.10 Å². The summed E-state index contributed by atoms with van der Waals surface area (Å²) in [6, 6.07) is 4.53. The molecule has 1 aromatic heterocycles. The number of rotatable bonds is 4. The van der Waals surface area contributed by atoms with Crippen molar-refractivity contribution in [2.45, 2.75) is 32.0 Å². The fraction of sp³-hybridized carbons (Fsp3) is 0.615. The molecule has 1 aliphatic heterocycles. The molecule has 1 N–H and O–H groups in total. The molecule has 1 aromatic rings. The number of pyridine rings is 1. The van der Waals surface area contributed by atoms with Crippen molar-refractivity contribution in [2.24, 2.45) is 0 Å². The van der Waals surface area contributed by atoms with E-state index in [1.54, 1.807) is 26.0 Å². The van der Waals surface area contributed by atoms with Crippen molar-refractivity contribution in [3.05, 3.63) is 24.1 Å². The molecule has 2 rings (SSSR count).